The Hall–Kier alpha value is -0.790. The molecule has 1 nitrogen and oxygen atoms in total. The molecule has 0 aliphatic heterocycles. The number of benzene rings is 1. The molecule has 0 spiro atoms. The molecular weight excluding hydrogens is 242 g/mol. The highest BCUT2D eigenvalue weighted by Gasteiger charge is 2.16. The zero-order valence-electron chi connectivity index (χ0n) is 11.8. The first-order valence-corrected chi connectivity index (χ1v) is 6.97. The number of rotatable bonds is 6. The van der Waals surface area contributed by atoms with Crippen LogP contribution in [0.5, 0.6) is 0 Å². The van der Waals surface area contributed by atoms with Crippen molar-refractivity contribution in [2.24, 2.45) is 5.92 Å². The second-order valence-electron chi connectivity index (χ2n) is 5.43. The van der Waals surface area contributed by atoms with Gasteiger partial charge in [-0.15, -0.1) is 0 Å². The molecule has 0 bridgehead atoms. The van der Waals surface area contributed by atoms with E-state index in [0.717, 1.165) is 11.4 Å². The summed E-state index contributed by atoms with van der Waals surface area (Å²) in [7, 11) is 0. The maximum atomic E-state index is 5.91. The van der Waals surface area contributed by atoms with Gasteiger partial charge in [-0.25, -0.2) is 0 Å². The Morgan fingerprint density at radius 2 is 1.72 bits per heavy atom. The SMILES string of the molecule is C=C(C(C)C)[C@@H](Cc1ccc(Cl)cc1)NC(C)C. The van der Waals surface area contributed by atoms with Gasteiger partial charge in [0.05, 0.1) is 0 Å². The van der Waals surface area contributed by atoms with Crippen molar-refractivity contribution in [3.63, 3.8) is 0 Å². The quantitative estimate of drug-likeness (QED) is 0.749. The summed E-state index contributed by atoms with van der Waals surface area (Å²) in [6.45, 7) is 13.0. The summed E-state index contributed by atoms with van der Waals surface area (Å²) >= 11 is 5.91. The molecule has 1 N–H and O–H groups in total. The molecule has 0 aromatic heterocycles. The smallest absolute Gasteiger partial charge is 0.0406 e. The van der Waals surface area contributed by atoms with Gasteiger partial charge in [-0.1, -0.05) is 63.6 Å². The van der Waals surface area contributed by atoms with E-state index in [1.807, 2.05) is 12.1 Å². The van der Waals surface area contributed by atoms with Crippen molar-refractivity contribution in [2.45, 2.75) is 46.2 Å². The van der Waals surface area contributed by atoms with Crippen LogP contribution in [0.3, 0.4) is 0 Å². The molecule has 18 heavy (non-hydrogen) atoms. The Morgan fingerprint density at radius 1 is 1.17 bits per heavy atom. The van der Waals surface area contributed by atoms with Crippen LogP contribution < -0.4 is 5.32 Å². The maximum Gasteiger partial charge on any atom is 0.0406 e. The van der Waals surface area contributed by atoms with Crippen LogP contribution in [0.15, 0.2) is 36.4 Å². The van der Waals surface area contributed by atoms with Gasteiger partial charge in [0.15, 0.2) is 0 Å². The van der Waals surface area contributed by atoms with E-state index in [-0.39, 0.29) is 0 Å². The number of hydrogen-bond donors (Lipinski definition) is 1. The van der Waals surface area contributed by atoms with Crippen LogP contribution in [-0.2, 0) is 6.42 Å². The molecule has 2 heteroatoms. The highest BCUT2D eigenvalue weighted by molar-refractivity contribution is 6.30. The molecule has 0 radical (unpaired) electrons. The van der Waals surface area contributed by atoms with E-state index in [9.17, 15) is 0 Å². The Morgan fingerprint density at radius 3 is 2.17 bits per heavy atom. The molecule has 1 aromatic rings. The molecule has 1 aromatic carbocycles. The number of halogens is 1. The van der Waals surface area contributed by atoms with Gasteiger partial charge < -0.3 is 5.32 Å². The lowest BCUT2D eigenvalue weighted by Crippen LogP contribution is -2.38. The van der Waals surface area contributed by atoms with E-state index in [4.69, 9.17) is 11.6 Å². The Labute approximate surface area is 116 Å². The van der Waals surface area contributed by atoms with Crippen LogP contribution in [0.4, 0.5) is 0 Å². The average molecular weight is 266 g/mol. The molecule has 1 rings (SSSR count). The van der Waals surface area contributed by atoms with Crippen LogP contribution in [0.2, 0.25) is 5.02 Å². The summed E-state index contributed by atoms with van der Waals surface area (Å²) in [6, 6.07) is 8.85. The van der Waals surface area contributed by atoms with E-state index >= 15 is 0 Å². The topological polar surface area (TPSA) is 12.0 Å². The summed E-state index contributed by atoms with van der Waals surface area (Å²) in [4.78, 5) is 0. The van der Waals surface area contributed by atoms with Crippen LogP contribution in [-0.4, -0.2) is 12.1 Å². The predicted octanol–water partition coefficient (Wildman–Crippen LogP) is 4.46. The van der Waals surface area contributed by atoms with Gasteiger partial charge in [0, 0.05) is 17.1 Å². The molecule has 0 saturated heterocycles. The minimum Gasteiger partial charge on any atom is -0.308 e. The normalized spacial score (nSPS) is 13.1. The van der Waals surface area contributed by atoms with E-state index in [2.05, 4.69) is 51.7 Å². The number of hydrogen-bond acceptors (Lipinski definition) is 1. The zero-order valence-corrected chi connectivity index (χ0v) is 12.6. The maximum absolute atomic E-state index is 5.91. The minimum absolute atomic E-state index is 0.325. The monoisotopic (exact) mass is 265 g/mol. The molecule has 0 amide bonds. The predicted molar refractivity (Wildman–Crippen MR) is 81.2 cm³/mol. The fourth-order valence-electron chi connectivity index (χ4n) is 1.96. The van der Waals surface area contributed by atoms with Gasteiger partial charge in [-0.2, -0.15) is 0 Å². The molecule has 0 saturated carbocycles. The lowest BCUT2D eigenvalue weighted by atomic mass is 9.92. The first kappa shape index (κ1) is 15.3. The molecule has 0 fully saturated rings. The van der Waals surface area contributed by atoms with Crippen LogP contribution in [0, 0.1) is 5.92 Å². The third kappa shape index (κ3) is 4.83. The van der Waals surface area contributed by atoms with Crippen molar-refractivity contribution < 1.29 is 0 Å². The van der Waals surface area contributed by atoms with Crippen LogP contribution >= 0.6 is 11.6 Å². The van der Waals surface area contributed by atoms with Gasteiger partial charge in [-0.3, -0.25) is 0 Å². The summed E-state index contributed by atoms with van der Waals surface area (Å²) in [5, 5.41) is 4.38. The van der Waals surface area contributed by atoms with Crippen LogP contribution in [0.25, 0.3) is 0 Å². The van der Waals surface area contributed by atoms with Gasteiger partial charge in [0.25, 0.3) is 0 Å². The summed E-state index contributed by atoms with van der Waals surface area (Å²) in [5.74, 6) is 0.494. The Kier molecular flexibility index (Phi) is 5.90. The van der Waals surface area contributed by atoms with E-state index < -0.39 is 0 Å². The molecule has 0 heterocycles. The van der Waals surface area contributed by atoms with Crippen molar-refractivity contribution in [3.8, 4) is 0 Å². The van der Waals surface area contributed by atoms with Gasteiger partial charge >= 0.3 is 0 Å². The largest absolute Gasteiger partial charge is 0.308 e. The van der Waals surface area contributed by atoms with Crippen molar-refractivity contribution in [1.82, 2.24) is 5.32 Å². The fraction of sp³-hybridized carbons (Fsp3) is 0.500. The highest BCUT2D eigenvalue weighted by Crippen LogP contribution is 2.18. The number of nitrogens with one attached hydrogen (secondary N) is 1. The molecule has 1 atom stereocenters. The Bertz CT molecular complexity index is 379. The van der Waals surface area contributed by atoms with E-state index in [0.29, 0.717) is 18.0 Å². The van der Waals surface area contributed by atoms with Crippen molar-refractivity contribution in [2.75, 3.05) is 0 Å². The molecule has 0 aliphatic carbocycles. The Balaban J connectivity index is 2.77. The van der Waals surface area contributed by atoms with E-state index in [1.165, 1.54) is 11.1 Å². The second kappa shape index (κ2) is 6.96. The van der Waals surface area contributed by atoms with Gasteiger partial charge in [0.1, 0.15) is 0 Å². The molecule has 100 valence electrons. The molecule has 0 unspecified atom stereocenters. The van der Waals surface area contributed by atoms with E-state index in [1.54, 1.807) is 0 Å². The third-order valence-corrected chi connectivity index (χ3v) is 3.33. The average Bonchev–Trinajstić information content (AvgIpc) is 2.29. The second-order valence-corrected chi connectivity index (χ2v) is 5.87. The van der Waals surface area contributed by atoms with Crippen LogP contribution in [0.1, 0.15) is 33.3 Å². The zero-order chi connectivity index (χ0) is 13.7. The van der Waals surface area contributed by atoms with Crippen molar-refractivity contribution in [1.29, 1.82) is 0 Å². The lowest BCUT2D eigenvalue weighted by molar-refractivity contribution is 0.476. The first-order chi connectivity index (χ1) is 8.40. The highest BCUT2D eigenvalue weighted by atomic mass is 35.5. The standard InChI is InChI=1S/C16H24ClN/c1-11(2)13(5)16(18-12(3)4)10-14-6-8-15(17)9-7-14/h6-9,11-12,16,18H,5,10H2,1-4H3/t16-/m1/s1. The minimum atomic E-state index is 0.325. The fourth-order valence-corrected chi connectivity index (χ4v) is 2.08. The third-order valence-electron chi connectivity index (χ3n) is 3.08. The van der Waals surface area contributed by atoms with Crippen molar-refractivity contribution >= 4 is 11.6 Å². The summed E-state index contributed by atoms with van der Waals surface area (Å²) in [5.41, 5.74) is 2.55. The van der Waals surface area contributed by atoms with Gasteiger partial charge in [-0.05, 0) is 30.0 Å². The molecule has 0 aliphatic rings. The molecular formula is C16H24ClN. The summed E-state index contributed by atoms with van der Waals surface area (Å²) in [6.07, 6.45) is 0.965. The van der Waals surface area contributed by atoms with Crippen molar-refractivity contribution in [3.05, 3.63) is 47.0 Å². The summed E-state index contributed by atoms with van der Waals surface area (Å²) < 4.78 is 0. The first-order valence-electron chi connectivity index (χ1n) is 6.59. The lowest BCUT2D eigenvalue weighted by Gasteiger charge is -2.26. The van der Waals surface area contributed by atoms with Gasteiger partial charge in [0.2, 0.25) is 0 Å².